The Morgan fingerprint density at radius 2 is 2.29 bits per heavy atom. The number of anilines is 1. The quantitative estimate of drug-likeness (QED) is 0.472. The summed E-state index contributed by atoms with van der Waals surface area (Å²) in [5, 5.41) is 20.5. The molecule has 8 nitrogen and oxygen atoms in total. The molecule has 0 radical (unpaired) electrons. The number of esters is 1. The molecule has 0 spiro atoms. The van der Waals surface area contributed by atoms with Crippen molar-refractivity contribution in [3.8, 4) is 6.07 Å². The molecule has 2 rings (SSSR count). The molecule has 0 bridgehead atoms. The Kier molecular flexibility index (Phi) is 5.02. The van der Waals surface area contributed by atoms with Crippen LogP contribution in [0.15, 0.2) is 12.3 Å². The summed E-state index contributed by atoms with van der Waals surface area (Å²) in [5.41, 5.74) is -0.995. The maximum absolute atomic E-state index is 12.0. The number of rotatable bonds is 4. The highest BCUT2D eigenvalue weighted by atomic mass is 16.6. The maximum Gasteiger partial charge on any atom is 0.329 e. The van der Waals surface area contributed by atoms with Crippen molar-refractivity contribution in [1.29, 1.82) is 5.26 Å². The molecule has 128 valence electrons. The summed E-state index contributed by atoms with van der Waals surface area (Å²) in [7, 11) is 1.35. The molecule has 1 saturated heterocycles. The minimum absolute atomic E-state index is 0.0145. The van der Waals surface area contributed by atoms with Crippen LogP contribution in [-0.2, 0) is 9.53 Å². The fourth-order valence-corrected chi connectivity index (χ4v) is 3.13. The third-order valence-corrected chi connectivity index (χ3v) is 4.66. The first kappa shape index (κ1) is 17.7. The summed E-state index contributed by atoms with van der Waals surface area (Å²) < 4.78 is 4.88. The largest absolute Gasteiger partial charge is 0.469 e. The Bertz CT molecular complexity index is 696. The first-order valence-electron chi connectivity index (χ1n) is 7.69. The van der Waals surface area contributed by atoms with Crippen LogP contribution >= 0.6 is 0 Å². The molecule has 0 aromatic carbocycles. The molecule has 1 aromatic rings. The summed E-state index contributed by atoms with van der Waals surface area (Å²) in [6.45, 7) is 4.68. The van der Waals surface area contributed by atoms with E-state index in [1.54, 1.807) is 4.90 Å². The van der Waals surface area contributed by atoms with Crippen LogP contribution < -0.4 is 4.90 Å². The molecule has 1 atom stereocenters. The van der Waals surface area contributed by atoms with Crippen LogP contribution in [0.4, 0.5) is 11.5 Å². The van der Waals surface area contributed by atoms with E-state index in [1.807, 2.05) is 19.9 Å². The van der Waals surface area contributed by atoms with Gasteiger partial charge in [-0.3, -0.25) is 14.9 Å². The summed E-state index contributed by atoms with van der Waals surface area (Å²) in [6, 6.07) is 3.18. The zero-order valence-corrected chi connectivity index (χ0v) is 14.0. The van der Waals surface area contributed by atoms with Gasteiger partial charge in [-0.25, -0.2) is 4.98 Å². The summed E-state index contributed by atoms with van der Waals surface area (Å²) in [4.78, 5) is 28.8. The van der Waals surface area contributed by atoms with Crippen molar-refractivity contribution in [2.24, 2.45) is 11.3 Å². The standard InChI is InChI=1S/C16H20N4O4/c1-16(2,15(21)24-3)12-5-4-8-19(10-12)14-13(20(22)23)11(9-17)6-7-18-14/h6-7,12H,4-5,8,10H2,1-3H3. The average molecular weight is 332 g/mol. The molecule has 1 aliphatic rings. The van der Waals surface area contributed by atoms with Gasteiger partial charge < -0.3 is 9.64 Å². The third-order valence-electron chi connectivity index (χ3n) is 4.66. The predicted molar refractivity (Wildman–Crippen MR) is 86.3 cm³/mol. The zero-order valence-electron chi connectivity index (χ0n) is 14.0. The minimum Gasteiger partial charge on any atom is -0.469 e. The second-order valence-electron chi connectivity index (χ2n) is 6.40. The molecule has 0 aliphatic carbocycles. The number of piperidine rings is 1. The Morgan fingerprint density at radius 3 is 2.88 bits per heavy atom. The average Bonchev–Trinajstić information content (AvgIpc) is 2.60. The van der Waals surface area contributed by atoms with Gasteiger partial charge in [-0.05, 0) is 38.7 Å². The van der Waals surface area contributed by atoms with Crippen LogP contribution in [0, 0.1) is 32.8 Å². The van der Waals surface area contributed by atoms with E-state index in [4.69, 9.17) is 10.00 Å². The molecule has 1 unspecified atom stereocenters. The van der Waals surface area contributed by atoms with E-state index in [0.717, 1.165) is 12.8 Å². The zero-order chi connectivity index (χ0) is 17.9. The summed E-state index contributed by atoms with van der Waals surface area (Å²) in [6.07, 6.45) is 3.00. The monoisotopic (exact) mass is 332 g/mol. The van der Waals surface area contributed by atoms with E-state index < -0.39 is 10.3 Å². The lowest BCUT2D eigenvalue weighted by Gasteiger charge is -2.40. The second-order valence-corrected chi connectivity index (χ2v) is 6.40. The molecule has 8 heteroatoms. The van der Waals surface area contributed by atoms with Crippen molar-refractivity contribution in [2.75, 3.05) is 25.1 Å². The van der Waals surface area contributed by atoms with Gasteiger partial charge in [0.1, 0.15) is 11.6 Å². The van der Waals surface area contributed by atoms with Gasteiger partial charge in [-0.2, -0.15) is 5.26 Å². The lowest BCUT2D eigenvalue weighted by Crippen LogP contribution is -2.45. The topological polar surface area (TPSA) is 109 Å². The number of methoxy groups -OCH3 is 1. The van der Waals surface area contributed by atoms with Gasteiger partial charge in [0, 0.05) is 19.3 Å². The van der Waals surface area contributed by atoms with Crippen molar-refractivity contribution >= 4 is 17.5 Å². The molecule has 24 heavy (non-hydrogen) atoms. The van der Waals surface area contributed by atoms with E-state index in [9.17, 15) is 14.9 Å². The van der Waals surface area contributed by atoms with Crippen molar-refractivity contribution in [3.05, 3.63) is 27.9 Å². The highest BCUT2D eigenvalue weighted by Gasteiger charge is 2.41. The van der Waals surface area contributed by atoms with Gasteiger partial charge in [0.05, 0.1) is 17.4 Å². The van der Waals surface area contributed by atoms with Crippen LogP contribution in [0.1, 0.15) is 32.3 Å². The first-order valence-corrected chi connectivity index (χ1v) is 7.69. The number of nitrogens with zero attached hydrogens (tertiary/aromatic N) is 4. The number of hydrogen-bond donors (Lipinski definition) is 0. The lowest BCUT2D eigenvalue weighted by molar-refractivity contribution is -0.384. The van der Waals surface area contributed by atoms with Gasteiger partial charge in [-0.1, -0.05) is 0 Å². The van der Waals surface area contributed by atoms with Crippen LogP contribution in [0.5, 0.6) is 0 Å². The van der Waals surface area contributed by atoms with Gasteiger partial charge in [0.15, 0.2) is 0 Å². The maximum atomic E-state index is 12.0. The van der Waals surface area contributed by atoms with Crippen LogP contribution in [0.2, 0.25) is 0 Å². The molecule has 1 aromatic heterocycles. The third kappa shape index (κ3) is 3.15. The van der Waals surface area contributed by atoms with Crippen molar-refractivity contribution in [3.63, 3.8) is 0 Å². The summed E-state index contributed by atoms with van der Waals surface area (Å²) in [5.74, 6) is -0.141. The second kappa shape index (κ2) is 6.83. The SMILES string of the molecule is COC(=O)C(C)(C)C1CCCN(c2nccc(C#N)c2[N+](=O)[O-])C1. The minimum atomic E-state index is -0.699. The highest BCUT2D eigenvalue weighted by molar-refractivity contribution is 5.76. The smallest absolute Gasteiger partial charge is 0.329 e. The van der Waals surface area contributed by atoms with Crippen molar-refractivity contribution < 1.29 is 14.5 Å². The fraction of sp³-hybridized carbons (Fsp3) is 0.562. The molecular weight excluding hydrogens is 312 g/mol. The normalized spacial score (nSPS) is 17.9. The molecule has 2 heterocycles. The number of nitro groups is 1. The Morgan fingerprint density at radius 1 is 1.58 bits per heavy atom. The van der Waals surface area contributed by atoms with Crippen LogP contribution in [-0.4, -0.2) is 36.1 Å². The van der Waals surface area contributed by atoms with Gasteiger partial charge in [0.2, 0.25) is 5.82 Å². The van der Waals surface area contributed by atoms with Gasteiger partial charge >= 0.3 is 11.7 Å². The number of hydrogen-bond acceptors (Lipinski definition) is 7. The number of aromatic nitrogens is 1. The van der Waals surface area contributed by atoms with Crippen LogP contribution in [0.3, 0.4) is 0 Å². The van der Waals surface area contributed by atoms with Crippen molar-refractivity contribution in [2.45, 2.75) is 26.7 Å². The van der Waals surface area contributed by atoms with E-state index in [0.29, 0.717) is 13.1 Å². The highest BCUT2D eigenvalue weighted by Crippen LogP contribution is 2.38. The van der Waals surface area contributed by atoms with Crippen molar-refractivity contribution in [1.82, 2.24) is 4.98 Å². The molecular formula is C16H20N4O4. The van der Waals surface area contributed by atoms with Gasteiger partial charge in [-0.15, -0.1) is 0 Å². The molecule has 1 aliphatic heterocycles. The molecule has 1 fully saturated rings. The first-order chi connectivity index (χ1) is 11.3. The van der Waals surface area contributed by atoms with Crippen LogP contribution in [0.25, 0.3) is 0 Å². The van der Waals surface area contributed by atoms with E-state index in [-0.39, 0.29) is 29.0 Å². The molecule has 0 N–H and O–H groups in total. The number of carbonyl (C=O) groups excluding carboxylic acids is 1. The molecule has 0 saturated carbocycles. The fourth-order valence-electron chi connectivity index (χ4n) is 3.13. The van der Waals surface area contributed by atoms with E-state index in [2.05, 4.69) is 4.98 Å². The number of pyridine rings is 1. The Hall–Kier alpha value is -2.69. The Labute approximate surface area is 140 Å². The number of carbonyl (C=O) groups is 1. The van der Waals surface area contributed by atoms with Gasteiger partial charge in [0.25, 0.3) is 0 Å². The Balaban J connectivity index is 2.36. The summed E-state index contributed by atoms with van der Waals surface area (Å²) >= 11 is 0. The number of nitriles is 1. The van der Waals surface area contributed by atoms with E-state index in [1.165, 1.54) is 19.4 Å². The number of ether oxygens (including phenoxy) is 1. The lowest BCUT2D eigenvalue weighted by atomic mass is 9.74. The molecule has 0 amide bonds. The predicted octanol–water partition coefficient (Wildman–Crippen LogP) is 2.28. The van der Waals surface area contributed by atoms with E-state index >= 15 is 0 Å².